The number of imidazole rings is 1. The van der Waals surface area contributed by atoms with Gasteiger partial charge in [0.1, 0.15) is 5.65 Å². The molecule has 1 fully saturated rings. The third kappa shape index (κ3) is 3.46. The predicted octanol–water partition coefficient (Wildman–Crippen LogP) is 4.12. The summed E-state index contributed by atoms with van der Waals surface area (Å²) in [6.07, 6.45) is 6.22. The van der Waals surface area contributed by atoms with Crippen LogP contribution in [0.3, 0.4) is 0 Å². The van der Waals surface area contributed by atoms with Crippen molar-refractivity contribution in [3.05, 3.63) is 82.6 Å². The van der Waals surface area contributed by atoms with E-state index < -0.39 is 0 Å². The summed E-state index contributed by atoms with van der Waals surface area (Å²) in [6.45, 7) is 4.13. The third-order valence-electron chi connectivity index (χ3n) is 6.40. The molecule has 2 aliphatic rings. The topological polar surface area (TPSA) is 40.9 Å². The summed E-state index contributed by atoms with van der Waals surface area (Å²) >= 11 is 1.67. The number of hydrogen-bond donors (Lipinski definition) is 0. The third-order valence-corrected chi connectivity index (χ3v) is 7.60. The lowest BCUT2D eigenvalue weighted by Gasteiger charge is -2.34. The van der Waals surface area contributed by atoms with Gasteiger partial charge in [-0.25, -0.2) is 4.98 Å². The van der Waals surface area contributed by atoms with Gasteiger partial charge in [0.15, 0.2) is 0 Å². The summed E-state index contributed by atoms with van der Waals surface area (Å²) in [5.41, 5.74) is 6.10. The van der Waals surface area contributed by atoms with Crippen LogP contribution in [0.2, 0.25) is 0 Å². The Bertz CT molecular complexity index is 1230. The molecular formula is C25H24N4OS. The number of aromatic nitrogens is 2. The lowest BCUT2D eigenvalue weighted by atomic mass is 9.91. The molecular weight excluding hydrogens is 404 g/mol. The van der Waals surface area contributed by atoms with Gasteiger partial charge in [0, 0.05) is 50.0 Å². The van der Waals surface area contributed by atoms with E-state index in [2.05, 4.69) is 45.8 Å². The van der Waals surface area contributed by atoms with Crippen LogP contribution in [0.4, 0.5) is 0 Å². The predicted molar refractivity (Wildman–Crippen MR) is 124 cm³/mol. The number of carbonyl (C=O) groups is 1. The van der Waals surface area contributed by atoms with Crippen LogP contribution in [0, 0.1) is 0 Å². The Balaban J connectivity index is 1.13. The number of rotatable bonds is 3. The maximum Gasteiger partial charge on any atom is 0.264 e. The van der Waals surface area contributed by atoms with Gasteiger partial charge < -0.3 is 9.30 Å². The Morgan fingerprint density at radius 3 is 2.65 bits per heavy atom. The van der Waals surface area contributed by atoms with Crippen molar-refractivity contribution in [2.24, 2.45) is 0 Å². The van der Waals surface area contributed by atoms with Gasteiger partial charge in [-0.15, -0.1) is 11.3 Å². The molecule has 0 radical (unpaired) electrons. The van der Waals surface area contributed by atoms with Crippen molar-refractivity contribution >= 4 is 22.9 Å². The second-order valence-electron chi connectivity index (χ2n) is 8.39. The van der Waals surface area contributed by atoms with Crippen molar-refractivity contribution in [2.75, 3.05) is 26.2 Å². The number of nitrogens with zero attached hydrogens (tertiary/aromatic N) is 4. The highest BCUT2D eigenvalue weighted by Crippen LogP contribution is 2.39. The highest BCUT2D eigenvalue weighted by molar-refractivity contribution is 7.17. The second-order valence-corrected chi connectivity index (χ2v) is 9.44. The van der Waals surface area contributed by atoms with Gasteiger partial charge in [-0.1, -0.05) is 30.3 Å². The average molecular weight is 429 g/mol. The molecule has 4 aromatic rings. The van der Waals surface area contributed by atoms with Gasteiger partial charge in [0.05, 0.1) is 10.6 Å². The molecule has 31 heavy (non-hydrogen) atoms. The summed E-state index contributed by atoms with van der Waals surface area (Å²) in [5, 5.41) is 0. The molecule has 6 rings (SSSR count). The molecule has 6 heteroatoms. The van der Waals surface area contributed by atoms with Gasteiger partial charge in [-0.3, -0.25) is 9.69 Å². The minimum atomic E-state index is 0.185. The van der Waals surface area contributed by atoms with E-state index in [1.54, 1.807) is 11.3 Å². The van der Waals surface area contributed by atoms with E-state index in [1.807, 2.05) is 29.3 Å². The van der Waals surface area contributed by atoms with E-state index in [1.165, 1.54) is 21.6 Å². The zero-order valence-electron chi connectivity index (χ0n) is 17.3. The fourth-order valence-corrected chi connectivity index (χ4v) is 5.97. The zero-order chi connectivity index (χ0) is 20.8. The molecule has 4 heterocycles. The molecule has 1 saturated heterocycles. The highest BCUT2D eigenvalue weighted by atomic mass is 32.1. The molecule has 0 bridgehead atoms. The van der Waals surface area contributed by atoms with E-state index >= 15 is 0 Å². The van der Waals surface area contributed by atoms with E-state index in [0.29, 0.717) is 0 Å². The maximum absolute atomic E-state index is 13.2. The molecule has 5 nitrogen and oxygen atoms in total. The number of thiophene rings is 1. The molecule has 0 atom stereocenters. The summed E-state index contributed by atoms with van der Waals surface area (Å²) in [4.78, 5) is 24.5. The van der Waals surface area contributed by atoms with Crippen molar-refractivity contribution in [3.63, 3.8) is 0 Å². The lowest BCUT2D eigenvalue weighted by Crippen LogP contribution is -2.48. The first-order valence-electron chi connectivity index (χ1n) is 10.9. The number of fused-ring (bicyclic) bond motifs is 4. The lowest BCUT2D eigenvalue weighted by molar-refractivity contribution is 0.0632. The van der Waals surface area contributed by atoms with E-state index in [-0.39, 0.29) is 5.91 Å². The van der Waals surface area contributed by atoms with Crippen LogP contribution in [0.15, 0.2) is 60.9 Å². The molecule has 3 aromatic heterocycles. The van der Waals surface area contributed by atoms with Crippen LogP contribution in [-0.4, -0.2) is 51.3 Å². The van der Waals surface area contributed by atoms with E-state index in [9.17, 15) is 4.79 Å². The van der Waals surface area contributed by atoms with Gasteiger partial charge in [-0.05, 0) is 47.7 Å². The van der Waals surface area contributed by atoms with Crippen molar-refractivity contribution in [1.29, 1.82) is 0 Å². The van der Waals surface area contributed by atoms with Gasteiger partial charge in [0.2, 0.25) is 0 Å². The number of pyridine rings is 1. The van der Waals surface area contributed by atoms with Crippen molar-refractivity contribution in [1.82, 2.24) is 19.2 Å². The number of hydrogen-bond acceptors (Lipinski definition) is 4. The van der Waals surface area contributed by atoms with Crippen LogP contribution in [0.1, 0.15) is 26.5 Å². The molecule has 0 N–H and O–H groups in total. The largest absolute Gasteiger partial charge is 0.335 e. The quantitative estimate of drug-likeness (QED) is 0.493. The number of carbonyl (C=O) groups excluding carboxylic acids is 1. The Morgan fingerprint density at radius 1 is 0.968 bits per heavy atom. The van der Waals surface area contributed by atoms with E-state index in [4.69, 9.17) is 4.98 Å². The monoisotopic (exact) mass is 428 g/mol. The zero-order valence-corrected chi connectivity index (χ0v) is 18.1. The van der Waals surface area contributed by atoms with Crippen LogP contribution in [0.5, 0.6) is 0 Å². The minimum Gasteiger partial charge on any atom is -0.335 e. The Morgan fingerprint density at radius 2 is 1.77 bits per heavy atom. The number of aryl methyl sites for hydroxylation is 2. The van der Waals surface area contributed by atoms with Crippen molar-refractivity contribution < 1.29 is 4.79 Å². The fraction of sp³-hybridized carbons (Fsp3) is 0.280. The first-order chi connectivity index (χ1) is 15.2. The number of amides is 1. The SMILES string of the molecule is O=C(c1cc2c(s1)-c1ccccc1CC2)N1CCN(Cc2cn3ccccc3n2)CC1. The normalized spacial score (nSPS) is 16.3. The Kier molecular flexibility index (Phi) is 4.62. The maximum atomic E-state index is 13.2. The molecule has 156 valence electrons. The summed E-state index contributed by atoms with van der Waals surface area (Å²) < 4.78 is 2.06. The standard InChI is InChI=1S/C25H24N4OS/c30-25(22-15-19-9-8-18-5-1-2-6-21(18)24(19)31-22)28-13-11-27(12-14-28)16-20-17-29-10-4-3-7-23(29)26-20/h1-7,10,15,17H,8-9,11-14,16H2. The van der Waals surface area contributed by atoms with Gasteiger partial charge in [0.25, 0.3) is 5.91 Å². The van der Waals surface area contributed by atoms with E-state index in [0.717, 1.165) is 61.8 Å². The molecule has 1 aromatic carbocycles. The average Bonchev–Trinajstić information content (AvgIpc) is 3.43. The minimum absolute atomic E-state index is 0.185. The smallest absolute Gasteiger partial charge is 0.264 e. The molecule has 1 aliphatic heterocycles. The Labute approximate surface area is 185 Å². The van der Waals surface area contributed by atoms with Crippen LogP contribution in [0.25, 0.3) is 16.1 Å². The van der Waals surface area contributed by atoms with Crippen molar-refractivity contribution in [2.45, 2.75) is 19.4 Å². The molecule has 1 aliphatic carbocycles. The number of benzene rings is 1. The summed E-state index contributed by atoms with van der Waals surface area (Å²) in [7, 11) is 0. The van der Waals surface area contributed by atoms with Crippen LogP contribution in [-0.2, 0) is 19.4 Å². The second kappa shape index (κ2) is 7.62. The molecule has 0 saturated carbocycles. The molecule has 0 unspecified atom stereocenters. The summed E-state index contributed by atoms with van der Waals surface area (Å²) in [5.74, 6) is 0.185. The first-order valence-corrected chi connectivity index (χ1v) is 11.7. The number of piperazine rings is 1. The Hall–Kier alpha value is -2.96. The van der Waals surface area contributed by atoms with Gasteiger partial charge >= 0.3 is 0 Å². The fourth-order valence-electron chi connectivity index (χ4n) is 4.73. The van der Waals surface area contributed by atoms with Crippen LogP contribution < -0.4 is 0 Å². The highest BCUT2D eigenvalue weighted by Gasteiger charge is 2.26. The van der Waals surface area contributed by atoms with Gasteiger partial charge in [-0.2, -0.15) is 0 Å². The van der Waals surface area contributed by atoms with Crippen LogP contribution >= 0.6 is 11.3 Å². The van der Waals surface area contributed by atoms with Crippen molar-refractivity contribution in [3.8, 4) is 10.4 Å². The first kappa shape index (κ1) is 18.8. The molecule has 1 amide bonds. The molecule has 0 spiro atoms. The summed E-state index contributed by atoms with van der Waals surface area (Å²) in [6, 6.07) is 16.8.